The van der Waals surface area contributed by atoms with E-state index in [1.165, 1.54) is 18.4 Å². The molecular weight excluding hydrogens is 256 g/mol. The number of hydrogen-bond donors (Lipinski definition) is 1. The van der Waals surface area contributed by atoms with Crippen molar-refractivity contribution in [2.24, 2.45) is 0 Å². The SMILES string of the molecule is CCCC(C)N(C)CCC(NC)c1ccc(Cl)cc1. The Hall–Kier alpha value is -0.570. The quantitative estimate of drug-likeness (QED) is 0.772. The predicted octanol–water partition coefficient (Wildman–Crippen LogP) is 4.11. The third-order valence-electron chi connectivity index (χ3n) is 3.85. The van der Waals surface area contributed by atoms with E-state index in [1.54, 1.807) is 0 Å². The average Bonchev–Trinajstić information content (AvgIpc) is 2.41. The summed E-state index contributed by atoms with van der Waals surface area (Å²) in [6.45, 7) is 5.66. The molecule has 1 aromatic rings. The van der Waals surface area contributed by atoms with Crippen LogP contribution in [0.5, 0.6) is 0 Å². The van der Waals surface area contributed by atoms with Gasteiger partial charge < -0.3 is 10.2 Å². The number of hydrogen-bond acceptors (Lipinski definition) is 2. The van der Waals surface area contributed by atoms with E-state index >= 15 is 0 Å². The van der Waals surface area contributed by atoms with Gasteiger partial charge in [-0.1, -0.05) is 37.1 Å². The van der Waals surface area contributed by atoms with Crippen molar-refractivity contribution in [2.45, 2.75) is 45.2 Å². The summed E-state index contributed by atoms with van der Waals surface area (Å²) in [6.07, 6.45) is 3.63. The molecule has 0 fully saturated rings. The molecule has 0 saturated heterocycles. The third-order valence-corrected chi connectivity index (χ3v) is 4.10. The molecular formula is C16H27ClN2. The van der Waals surface area contributed by atoms with Crippen LogP contribution in [0.15, 0.2) is 24.3 Å². The molecule has 0 aliphatic carbocycles. The molecule has 0 heterocycles. The van der Waals surface area contributed by atoms with Crippen molar-refractivity contribution in [1.82, 2.24) is 10.2 Å². The molecule has 1 rings (SSSR count). The zero-order valence-electron chi connectivity index (χ0n) is 12.6. The van der Waals surface area contributed by atoms with Gasteiger partial charge in [-0.2, -0.15) is 0 Å². The van der Waals surface area contributed by atoms with Crippen molar-refractivity contribution in [3.8, 4) is 0 Å². The lowest BCUT2D eigenvalue weighted by molar-refractivity contribution is 0.232. The number of nitrogens with zero attached hydrogens (tertiary/aromatic N) is 1. The molecule has 0 radical (unpaired) electrons. The van der Waals surface area contributed by atoms with Crippen molar-refractivity contribution in [2.75, 3.05) is 20.6 Å². The van der Waals surface area contributed by atoms with Crippen LogP contribution in [0.4, 0.5) is 0 Å². The maximum absolute atomic E-state index is 5.93. The monoisotopic (exact) mass is 282 g/mol. The van der Waals surface area contributed by atoms with Crippen LogP contribution in [0.1, 0.15) is 44.7 Å². The Morgan fingerprint density at radius 1 is 1.21 bits per heavy atom. The van der Waals surface area contributed by atoms with E-state index in [1.807, 2.05) is 19.2 Å². The molecule has 19 heavy (non-hydrogen) atoms. The third kappa shape index (κ3) is 5.52. The highest BCUT2D eigenvalue weighted by Gasteiger charge is 2.13. The Morgan fingerprint density at radius 3 is 2.37 bits per heavy atom. The first-order valence-electron chi connectivity index (χ1n) is 7.21. The van der Waals surface area contributed by atoms with Crippen LogP contribution >= 0.6 is 11.6 Å². The highest BCUT2D eigenvalue weighted by atomic mass is 35.5. The molecule has 2 unspecified atom stereocenters. The van der Waals surface area contributed by atoms with Gasteiger partial charge in [0.05, 0.1) is 0 Å². The van der Waals surface area contributed by atoms with Gasteiger partial charge in [-0.05, 0) is 58.1 Å². The van der Waals surface area contributed by atoms with Crippen molar-refractivity contribution >= 4 is 11.6 Å². The maximum atomic E-state index is 5.93. The van der Waals surface area contributed by atoms with E-state index in [9.17, 15) is 0 Å². The van der Waals surface area contributed by atoms with E-state index in [4.69, 9.17) is 11.6 Å². The molecule has 0 saturated carbocycles. The predicted molar refractivity (Wildman–Crippen MR) is 84.9 cm³/mol. The summed E-state index contributed by atoms with van der Waals surface area (Å²) in [7, 11) is 4.24. The van der Waals surface area contributed by atoms with E-state index < -0.39 is 0 Å². The molecule has 2 nitrogen and oxygen atoms in total. The lowest BCUT2D eigenvalue weighted by atomic mass is 10.0. The van der Waals surface area contributed by atoms with Gasteiger partial charge in [-0.15, -0.1) is 0 Å². The summed E-state index contributed by atoms with van der Waals surface area (Å²) in [5.74, 6) is 0. The fourth-order valence-electron chi connectivity index (χ4n) is 2.36. The normalized spacial score (nSPS) is 14.6. The molecule has 3 heteroatoms. The van der Waals surface area contributed by atoms with Crippen LogP contribution in [0, 0.1) is 0 Å². The minimum absolute atomic E-state index is 0.397. The second-order valence-corrected chi connectivity index (χ2v) is 5.74. The Bertz CT molecular complexity index is 350. The first kappa shape index (κ1) is 16.5. The van der Waals surface area contributed by atoms with Gasteiger partial charge >= 0.3 is 0 Å². The Balaban J connectivity index is 2.51. The average molecular weight is 283 g/mol. The molecule has 0 amide bonds. The zero-order chi connectivity index (χ0) is 14.3. The van der Waals surface area contributed by atoms with Gasteiger partial charge in [0.2, 0.25) is 0 Å². The van der Waals surface area contributed by atoms with Crippen LogP contribution in [-0.4, -0.2) is 31.6 Å². The fraction of sp³-hybridized carbons (Fsp3) is 0.625. The van der Waals surface area contributed by atoms with Crippen LogP contribution in [0.25, 0.3) is 0 Å². The van der Waals surface area contributed by atoms with Crippen molar-refractivity contribution in [3.05, 3.63) is 34.9 Å². The van der Waals surface area contributed by atoms with Gasteiger partial charge in [0, 0.05) is 17.1 Å². The first-order chi connectivity index (χ1) is 9.08. The van der Waals surface area contributed by atoms with Crippen LogP contribution < -0.4 is 5.32 Å². The lowest BCUT2D eigenvalue weighted by Gasteiger charge is -2.26. The highest BCUT2D eigenvalue weighted by molar-refractivity contribution is 6.30. The fourth-order valence-corrected chi connectivity index (χ4v) is 2.49. The molecule has 0 bridgehead atoms. The second-order valence-electron chi connectivity index (χ2n) is 5.30. The Kier molecular flexibility index (Phi) is 7.44. The summed E-state index contributed by atoms with van der Waals surface area (Å²) in [6, 6.07) is 9.20. The van der Waals surface area contributed by atoms with Gasteiger partial charge in [-0.3, -0.25) is 0 Å². The van der Waals surface area contributed by atoms with Crippen molar-refractivity contribution < 1.29 is 0 Å². The molecule has 1 N–H and O–H groups in total. The summed E-state index contributed by atoms with van der Waals surface area (Å²) < 4.78 is 0. The second kappa shape index (κ2) is 8.57. The number of rotatable bonds is 8. The van der Waals surface area contributed by atoms with Gasteiger partial charge in [0.1, 0.15) is 0 Å². The number of halogens is 1. The number of nitrogens with one attached hydrogen (secondary N) is 1. The van der Waals surface area contributed by atoms with E-state index in [2.05, 4.69) is 43.2 Å². The van der Waals surface area contributed by atoms with E-state index in [0.717, 1.165) is 18.0 Å². The smallest absolute Gasteiger partial charge is 0.0406 e. The Morgan fingerprint density at radius 2 is 1.84 bits per heavy atom. The summed E-state index contributed by atoms with van der Waals surface area (Å²) in [5.41, 5.74) is 1.31. The molecule has 0 aromatic heterocycles. The van der Waals surface area contributed by atoms with Crippen molar-refractivity contribution in [1.29, 1.82) is 0 Å². The Labute approximate surface area is 123 Å². The highest BCUT2D eigenvalue weighted by Crippen LogP contribution is 2.19. The van der Waals surface area contributed by atoms with E-state index in [0.29, 0.717) is 12.1 Å². The van der Waals surface area contributed by atoms with Crippen LogP contribution in [0.3, 0.4) is 0 Å². The summed E-state index contributed by atoms with van der Waals surface area (Å²) in [4.78, 5) is 2.45. The maximum Gasteiger partial charge on any atom is 0.0406 e. The zero-order valence-corrected chi connectivity index (χ0v) is 13.4. The minimum atomic E-state index is 0.397. The van der Waals surface area contributed by atoms with E-state index in [-0.39, 0.29) is 0 Å². The van der Waals surface area contributed by atoms with Gasteiger partial charge in [0.15, 0.2) is 0 Å². The lowest BCUT2D eigenvalue weighted by Crippen LogP contribution is -2.32. The van der Waals surface area contributed by atoms with Crippen LogP contribution in [-0.2, 0) is 0 Å². The van der Waals surface area contributed by atoms with Crippen LogP contribution in [0.2, 0.25) is 5.02 Å². The molecule has 108 valence electrons. The number of benzene rings is 1. The largest absolute Gasteiger partial charge is 0.313 e. The standard InChI is InChI=1S/C16H27ClN2/c1-5-6-13(2)19(4)12-11-16(18-3)14-7-9-15(17)10-8-14/h7-10,13,16,18H,5-6,11-12H2,1-4H3. The molecule has 0 aliphatic heterocycles. The molecule has 0 aliphatic rings. The van der Waals surface area contributed by atoms with Crippen molar-refractivity contribution in [3.63, 3.8) is 0 Å². The first-order valence-corrected chi connectivity index (χ1v) is 7.59. The van der Waals surface area contributed by atoms with Gasteiger partial charge in [-0.25, -0.2) is 0 Å². The minimum Gasteiger partial charge on any atom is -0.313 e. The summed E-state index contributed by atoms with van der Waals surface area (Å²) in [5, 5.41) is 4.19. The summed E-state index contributed by atoms with van der Waals surface area (Å²) >= 11 is 5.93. The molecule has 0 spiro atoms. The molecule has 2 atom stereocenters. The van der Waals surface area contributed by atoms with Gasteiger partial charge in [0.25, 0.3) is 0 Å². The molecule has 1 aromatic carbocycles. The topological polar surface area (TPSA) is 15.3 Å².